The molecule has 0 spiro atoms. The molecule has 0 unspecified atom stereocenters. The molecule has 2 aromatic carbocycles. The number of anilines is 2. The zero-order chi connectivity index (χ0) is 22.2. The first-order valence-corrected chi connectivity index (χ1v) is 10.5. The maximum absolute atomic E-state index is 12.6. The quantitative estimate of drug-likeness (QED) is 0.460. The maximum Gasteiger partial charge on any atom is 0.279 e. The standard InChI is InChI=1S/C23H30N4O4/c1-17(28)24-19-6-9-22(31-3)21(14-19)25-23(29)16-27-12-10-26(11-13-27)15-18-4-7-20(30-2)8-5-18/h4-9,14H,10-13,15-16H2,1-3H3,(H,24,28)(H,25,29)/p+2. The van der Waals surface area contributed by atoms with Gasteiger partial charge in [-0.1, -0.05) is 0 Å². The lowest BCUT2D eigenvalue weighted by atomic mass is 10.2. The number of piperazine rings is 1. The van der Waals surface area contributed by atoms with Crippen LogP contribution in [0, 0.1) is 0 Å². The molecule has 8 nitrogen and oxygen atoms in total. The van der Waals surface area contributed by atoms with Gasteiger partial charge in [-0.3, -0.25) is 9.59 Å². The molecule has 0 bridgehead atoms. The van der Waals surface area contributed by atoms with E-state index in [4.69, 9.17) is 9.47 Å². The number of hydrogen-bond donors (Lipinski definition) is 4. The van der Waals surface area contributed by atoms with Gasteiger partial charge in [0.15, 0.2) is 6.54 Å². The van der Waals surface area contributed by atoms with Crippen LogP contribution >= 0.6 is 0 Å². The average molecular weight is 429 g/mol. The van der Waals surface area contributed by atoms with E-state index in [0.29, 0.717) is 23.7 Å². The van der Waals surface area contributed by atoms with Crippen LogP contribution in [-0.4, -0.2) is 58.8 Å². The minimum absolute atomic E-state index is 0.0631. The Hall–Kier alpha value is -3.10. The van der Waals surface area contributed by atoms with Crippen LogP contribution in [0.25, 0.3) is 0 Å². The molecule has 1 saturated heterocycles. The Labute approximate surface area is 183 Å². The zero-order valence-corrected chi connectivity index (χ0v) is 18.4. The molecule has 8 heteroatoms. The Bertz CT molecular complexity index is 893. The van der Waals surface area contributed by atoms with Gasteiger partial charge in [0.1, 0.15) is 44.2 Å². The molecule has 1 fully saturated rings. The Balaban J connectivity index is 1.49. The number of carbonyl (C=O) groups excluding carboxylic acids is 2. The molecule has 1 heterocycles. The molecule has 0 aliphatic carbocycles. The number of benzene rings is 2. The van der Waals surface area contributed by atoms with Gasteiger partial charge < -0.3 is 29.9 Å². The summed E-state index contributed by atoms with van der Waals surface area (Å²) < 4.78 is 10.6. The summed E-state index contributed by atoms with van der Waals surface area (Å²) in [5.74, 6) is 1.21. The fourth-order valence-corrected chi connectivity index (χ4v) is 3.85. The van der Waals surface area contributed by atoms with Crippen LogP contribution in [0.15, 0.2) is 42.5 Å². The second-order valence-electron chi connectivity index (χ2n) is 7.85. The van der Waals surface area contributed by atoms with Crippen LogP contribution in [0.5, 0.6) is 11.5 Å². The normalized spacial score (nSPS) is 18.2. The summed E-state index contributed by atoms with van der Waals surface area (Å²) in [6, 6.07) is 13.4. The predicted molar refractivity (Wildman–Crippen MR) is 119 cm³/mol. The number of ether oxygens (including phenoxy) is 2. The molecular weight excluding hydrogens is 396 g/mol. The van der Waals surface area contributed by atoms with E-state index in [1.807, 2.05) is 12.1 Å². The van der Waals surface area contributed by atoms with Gasteiger partial charge in [-0.2, -0.15) is 0 Å². The van der Waals surface area contributed by atoms with E-state index in [1.165, 1.54) is 22.3 Å². The third kappa shape index (κ3) is 6.70. The number of hydrogen-bond acceptors (Lipinski definition) is 4. The second-order valence-corrected chi connectivity index (χ2v) is 7.85. The van der Waals surface area contributed by atoms with Gasteiger partial charge in [-0.05, 0) is 42.5 Å². The van der Waals surface area contributed by atoms with Crippen molar-refractivity contribution in [1.29, 1.82) is 0 Å². The van der Waals surface area contributed by atoms with Gasteiger partial charge >= 0.3 is 0 Å². The van der Waals surface area contributed by atoms with Gasteiger partial charge in [0.05, 0.1) is 19.9 Å². The topological polar surface area (TPSA) is 85.5 Å². The number of amides is 2. The molecule has 1 aliphatic rings. The second kappa shape index (κ2) is 10.8. The highest BCUT2D eigenvalue weighted by Crippen LogP contribution is 2.27. The van der Waals surface area contributed by atoms with Crippen molar-refractivity contribution in [3.63, 3.8) is 0 Å². The van der Waals surface area contributed by atoms with E-state index >= 15 is 0 Å². The van der Waals surface area contributed by atoms with Crippen molar-refractivity contribution < 1.29 is 28.9 Å². The third-order valence-corrected chi connectivity index (χ3v) is 5.48. The third-order valence-electron chi connectivity index (χ3n) is 5.48. The van der Waals surface area contributed by atoms with Crippen LogP contribution < -0.4 is 29.9 Å². The fraction of sp³-hybridized carbons (Fsp3) is 0.391. The number of carbonyl (C=O) groups is 2. The molecule has 1 aliphatic heterocycles. The number of rotatable bonds is 8. The van der Waals surface area contributed by atoms with Crippen LogP contribution in [0.2, 0.25) is 0 Å². The number of nitrogens with one attached hydrogen (secondary N) is 4. The van der Waals surface area contributed by atoms with Crippen molar-refractivity contribution in [2.24, 2.45) is 0 Å². The van der Waals surface area contributed by atoms with E-state index in [0.717, 1.165) is 38.5 Å². The Morgan fingerprint density at radius 1 is 0.903 bits per heavy atom. The first-order chi connectivity index (χ1) is 15.0. The molecule has 4 N–H and O–H groups in total. The highest BCUT2D eigenvalue weighted by Gasteiger charge is 2.25. The molecule has 0 atom stereocenters. The SMILES string of the molecule is COc1ccc(C[NH+]2CC[NH+](CC(=O)Nc3cc(NC(C)=O)ccc3OC)CC2)cc1. The van der Waals surface area contributed by atoms with Gasteiger partial charge in [0.2, 0.25) is 5.91 Å². The van der Waals surface area contributed by atoms with Crippen LogP contribution in [0.4, 0.5) is 11.4 Å². The van der Waals surface area contributed by atoms with Crippen molar-refractivity contribution in [3.8, 4) is 11.5 Å². The van der Waals surface area contributed by atoms with Crippen LogP contribution in [-0.2, 0) is 16.1 Å². The lowest BCUT2D eigenvalue weighted by molar-refractivity contribution is -1.02. The van der Waals surface area contributed by atoms with Crippen molar-refractivity contribution in [3.05, 3.63) is 48.0 Å². The Morgan fingerprint density at radius 3 is 2.19 bits per heavy atom. The summed E-state index contributed by atoms with van der Waals surface area (Å²) in [4.78, 5) is 26.7. The van der Waals surface area contributed by atoms with Crippen molar-refractivity contribution >= 4 is 23.2 Å². The fourth-order valence-electron chi connectivity index (χ4n) is 3.85. The number of methoxy groups -OCH3 is 2. The molecule has 0 aromatic heterocycles. The molecule has 2 amide bonds. The van der Waals surface area contributed by atoms with Crippen LogP contribution in [0.1, 0.15) is 12.5 Å². The van der Waals surface area contributed by atoms with Crippen molar-refractivity contribution in [2.45, 2.75) is 13.5 Å². The van der Waals surface area contributed by atoms with E-state index < -0.39 is 0 Å². The molecular formula is C23H32N4O4+2. The summed E-state index contributed by atoms with van der Waals surface area (Å²) in [7, 11) is 3.23. The molecule has 166 valence electrons. The van der Waals surface area contributed by atoms with Gasteiger partial charge in [0.25, 0.3) is 5.91 Å². The monoisotopic (exact) mass is 428 g/mol. The summed E-state index contributed by atoms with van der Waals surface area (Å²) in [6.07, 6.45) is 0. The molecule has 2 aromatic rings. The summed E-state index contributed by atoms with van der Waals surface area (Å²) >= 11 is 0. The lowest BCUT2D eigenvalue weighted by Gasteiger charge is -2.29. The molecule has 0 radical (unpaired) electrons. The molecule has 0 saturated carbocycles. The molecule has 31 heavy (non-hydrogen) atoms. The van der Waals surface area contributed by atoms with Gasteiger partial charge in [0, 0.05) is 18.2 Å². The maximum atomic E-state index is 12.6. The zero-order valence-electron chi connectivity index (χ0n) is 18.4. The van der Waals surface area contributed by atoms with E-state index in [1.54, 1.807) is 32.4 Å². The lowest BCUT2D eigenvalue weighted by Crippen LogP contribution is -3.28. The highest BCUT2D eigenvalue weighted by molar-refractivity contribution is 5.95. The van der Waals surface area contributed by atoms with Gasteiger partial charge in [-0.25, -0.2) is 0 Å². The number of quaternary nitrogens is 2. The van der Waals surface area contributed by atoms with Crippen molar-refractivity contribution in [2.75, 3.05) is 57.6 Å². The van der Waals surface area contributed by atoms with E-state index in [9.17, 15) is 9.59 Å². The van der Waals surface area contributed by atoms with Crippen LogP contribution in [0.3, 0.4) is 0 Å². The predicted octanol–water partition coefficient (Wildman–Crippen LogP) is -0.416. The highest BCUT2D eigenvalue weighted by atomic mass is 16.5. The largest absolute Gasteiger partial charge is 0.497 e. The Kier molecular flexibility index (Phi) is 7.86. The van der Waals surface area contributed by atoms with Gasteiger partial charge in [-0.15, -0.1) is 0 Å². The van der Waals surface area contributed by atoms with Crippen molar-refractivity contribution in [1.82, 2.24) is 0 Å². The average Bonchev–Trinajstić information content (AvgIpc) is 2.75. The smallest absolute Gasteiger partial charge is 0.279 e. The minimum Gasteiger partial charge on any atom is -0.497 e. The minimum atomic E-state index is -0.165. The first-order valence-electron chi connectivity index (χ1n) is 10.5. The van der Waals surface area contributed by atoms with E-state index in [-0.39, 0.29) is 11.8 Å². The molecule has 3 rings (SSSR count). The summed E-state index contributed by atoms with van der Waals surface area (Å²) in [5.41, 5.74) is 2.47. The summed E-state index contributed by atoms with van der Waals surface area (Å²) in [6.45, 7) is 6.78. The van der Waals surface area contributed by atoms with E-state index in [2.05, 4.69) is 22.8 Å². The Morgan fingerprint density at radius 2 is 1.58 bits per heavy atom. The summed E-state index contributed by atoms with van der Waals surface area (Å²) in [5, 5.41) is 5.65. The first kappa shape index (κ1) is 22.6.